The summed E-state index contributed by atoms with van der Waals surface area (Å²) < 4.78 is 0. The van der Waals surface area contributed by atoms with Crippen LogP contribution in [-0.2, 0) is 4.79 Å². The Hall–Kier alpha value is -2.62. The summed E-state index contributed by atoms with van der Waals surface area (Å²) in [5.74, 6) is 0.216. The van der Waals surface area contributed by atoms with Crippen molar-refractivity contribution in [3.8, 4) is 0 Å². The van der Waals surface area contributed by atoms with Gasteiger partial charge in [0.05, 0.1) is 0 Å². The van der Waals surface area contributed by atoms with E-state index in [0.29, 0.717) is 17.2 Å². The standard InChI is InChI=1S/C22H28N2O2/c1-5-16(6-2)21(25)23-18-13-11-17(12-14-18)22(26)24-20-10-8-7-9-19(20)15(3)4/h7-16H,5-6H2,1-4H3,(H,23,25)(H,24,26). The van der Waals surface area contributed by atoms with Crippen molar-refractivity contribution in [1.29, 1.82) is 0 Å². The van der Waals surface area contributed by atoms with E-state index in [0.717, 1.165) is 24.1 Å². The van der Waals surface area contributed by atoms with Gasteiger partial charge in [-0.2, -0.15) is 0 Å². The quantitative estimate of drug-likeness (QED) is 0.697. The van der Waals surface area contributed by atoms with Crippen LogP contribution in [0.5, 0.6) is 0 Å². The van der Waals surface area contributed by atoms with Crippen molar-refractivity contribution in [3.63, 3.8) is 0 Å². The molecule has 0 saturated carbocycles. The van der Waals surface area contributed by atoms with Crippen LogP contribution in [0.1, 0.15) is 62.4 Å². The van der Waals surface area contributed by atoms with Crippen molar-refractivity contribution in [2.75, 3.05) is 10.6 Å². The summed E-state index contributed by atoms with van der Waals surface area (Å²) >= 11 is 0. The van der Waals surface area contributed by atoms with E-state index in [9.17, 15) is 9.59 Å². The third kappa shape index (κ3) is 4.94. The van der Waals surface area contributed by atoms with Crippen LogP contribution < -0.4 is 10.6 Å². The molecule has 2 aromatic carbocycles. The number of carbonyl (C=O) groups is 2. The van der Waals surface area contributed by atoms with Crippen molar-refractivity contribution in [2.24, 2.45) is 5.92 Å². The summed E-state index contributed by atoms with van der Waals surface area (Å²) in [6.45, 7) is 8.22. The van der Waals surface area contributed by atoms with Crippen LogP contribution in [0.25, 0.3) is 0 Å². The highest BCUT2D eigenvalue weighted by atomic mass is 16.2. The topological polar surface area (TPSA) is 58.2 Å². The van der Waals surface area contributed by atoms with Crippen molar-refractivity contribution >= 4 is 23.2 Å². The molecule has 2 amide bonds. The van der Waals surface area contributed by atoms with E-state index in [2.05, 4.69) is 24.5 Å². The van der Waals surface area contributed by atoms with Gasteiger partial charge in [0, 0.05) is 22.9 Å². The summed E-state index contributed by atoms with van der Waals surface area (Å²) in [5, 5.41) is 5.89. The number of para-hydroxylation sites is 1. The van der Waals surface area contributed by atoms with Crippen LogP contribution in [0.15, 0.2) is 48.5 Å². The van der Waals surface area contributed by atoms with E-state index in [1.165, 1.54) is 0 Å². The molecule has 0 saturated heterocycles. The third-order valence-corrected chi connectivity index (χ3v) is 4.60. The van der Waals surface area contributed by atoms with Crippen molar-refractivity contribution in [2.45, 2.75) is 46.5 Å². The normalized spacial score (nSPS) is 10.8. The Kier molecular flexibility index (Phi) is 6.96. The highest BCUT2D eigenvalue weighted by molar-refractivity contribution is 6.05. The molecule has 0 spiro atoms. The third-order valence-electron chi connectivity index (χ3n) is 4.60. The first kappa shape index (κ1) is 19.7. The molecule has 2 aromatic rings. The van der Waals surface area contributed by atoms with Gasteiger partial charge in [0.1, 0.15) is 0 Å². The Morgan fingerprint density at radius 1 is 0.885 bits per heavy atom. The lowest BCUT2D eigenvalue weighted by Gasteiger charge is -2.14. The van der Waals surface area contributed by atoms with E-state index >= 15 is 0 Å². The van der Waals surface area contributed by atoms with E-state index in [1.54, 1.807) is 24.3 Å². The average Bonchev–Trinajstić information content (AvgIpc) is 2.63. The van der Waals surface area contributed by atoms with Gasteiger partial charge in [0.25, 0.3) is 5.91 Å². The molecule has 4 nitrogen and oxygen atoms in total. The molecular weight excluding hydrogens is 324 g/mol. The van der Waals surface area contributed by atoms with Gasteiger partial charge in [-0.15, -0.1) is 0 Å². The number of amides is 2. The fourth-order valence-corrected chi connectivity index (χ4v) is 2.92. The number of hydrogen-bond acceptors (Lipinski definition) is 2. The van der Waals surface area contributed by atoms with E-state index in [-0.39, 0.29) is 17.7 Å². The summed E-state index contributed by atoms with van der Waals surface area (Å²) in [6, 6.07) is 14.8. The number of anilines is 2. The van der Waals surface area contributed by atoms with Gasteiger partial charge >= 0.3 is 0 Å². The molecule has 0 aromatic heterocycles. The minimum Gasteiger partial charge on any atom is -0.326 e. The minimum atomic E-state index is -0.157. The van der Waals surface area contributed by atoms with Crippen LogP contribution in [-0.4, -0.2) is 11.8 Å². The monoisotopic (exact) mass is 352 g/mol. The SMILES string of the molecule is CCC(CC)C(=O)Nc1ccc(C(=O)Nc2ccccc2C(C)C)cc1. The minimum absolute atomic E-state index is 0.0190. The fourth-order valence-electron chi connectivity index (χ4n) is 2.92. The van der Waals surface area contributed by atoms with Crippen LogP contribution >= 0.6 is 0 Å². The first-order valence-corrected chi connectivity index (χ1v) is 9.27. The molecule has 2 N–H and O–H groups in total. The lowest BCUT2D eigenvalue weighted by atomic mass is 10.0. The predicted octanol–water partition coefficient (Wildman–Crippen LogP) is 5.44. The first-order valence-electron chi connectivity index (χ1n) is 9.27. The van der Waals surface area contributed by atoms with E-state index < -0.39 is 0 Å². The first-order chi connectivity index (χ1) is 12.5. The molecule has 2 rings (SSSR count). The number of carbonyl (C=O) groups excluding carboxylic acids is 2. The lowest BCUT2D eigenvalue weighted by molar-refractivity contribution is -0.120. The summed E-state index contributed by atoms with van der Waals surface area (Å²) in [5.41, 5.74) is 3.21. The molecule has 138 valence electrons. The Morgan fingerprint density at radius 2 is 1.50 bits per heavy atom. The highest BCUT2D eigenvalue weighted by Gasteiger charge is 2.15. The molecule has 0 fully saturated rings. The molecule has 26 heavy (non-hydrogen) atoms. The molecule has 0 heterocycles. The van der Waals surface area contributed by atoms with Gasteiger partial charge < -0.3 is 10.6 Å². The Balaban J connectivity index is 2.06. The molecule has 0 bridgehead atoms. The molecule has 0 aliphatic carbocycles. The maximum Gasteiger partial charge on any atom is 0.255 e. The van der Waals surface area contributed by atoms with Gasteiger partial charge in [-0.05, 0) is 54.7 Å². The zero-order valence-electron chi connectivity index (χ0n) is 16.0. The van der Waals surface area contributed by atoms with Gasteiger partial charge in [-0.3, -0.25) is 9.59 Å². The molecule has 0 aliphatic rings. The smallest absolute Gasteiger partial charge is 0.255 e. The summed E-state index contributed by atoms with van der Waals surface area (Å²) in [4.78, 5) is 24.7. The zero-order chi connectivity index (χ0) is 19.1. The highest BCUT2D eigenvalue weighted by Crippen LogP contribution is 2.24. The van der Waals surface area contributed by atoms with E-state index in [4.69, 9.17) is 0 Å². The predicted molar refractivity (Wildman–Crippen MR) is 108 cm³/mol. The molecule has 0 atom stereocenters. The van der Waals surface area contributed by atoms with E-state index in [1.807, 2.05) is 38.1 Å². The van der Waals surface area contributed by atoms with Crippen LogP contribution in [0, 0.1) is 5.92 Å². The second-order valence-corrected chi connectivity index (χ2v) is 6.78. The lowest BCUT2D eigenvalue weighted by Crippen LogP contribution is -2.21. The maximum atomic E-state index is 12.5. The van der Waals surface area contributed by atoms with Gasteiger partial charge in [0.2, 0.25) is 5.91 Å². The summed E-state index contributed by atoms with van der Waals surface area (Å²) in [6.07, 6.45) is 1.64. The van der Waals surface area contributed by atoms with Gasteiger partial charge in [-0.25, -0.2) is 0 Å². The Labute approximate surface area is 156 Å². The number of rotatable bonds is 7. The fraction of sp³-hybridized carbons (Fsp3) is 0.364. The maximum absolute atomic E-state index is 12.5. The molecule has 0 aliphatic heterocycles. The Bertz CT molecular complexity index is 747. The molecule has 4 heteroatoms. The second-order valence-electron chi connectivity index (χ2n) is 6.78. The van der Waals surface area contributed by atoms with Crippen LogP contribution in [0.3, 0.4) is 0 Å². The summed E-state index contributed by atoms with van der Waals surface area (Å²) in [7, 11) is 0. The second kappa shape index (κ2) is 9.18. The van der Waals surface area contributed by atoms with Gasteiger partial charge in [0.15, 0.2) is 0 Å². The van der Waals surface area contributed by atoms with Crippen molar-refractivity contribution < 1.29 is 9.59 Å². The van der Waals surface area contributed by atoms with Crippen molar-refractivity contribution in [1.82, 2.24) is 0 Å². The number of benzene rings is 2. The average molecular weight is 352 g/mol. The van der Waals surface area contributed by atoms with Crippen LogP contribution in [0.2, 0.25) is 0 Å². The number of hydrogen-bond donors (Lipinski definition) is 2. The van der Waals surface area contributed by atoms with Gasteiger partial charge in [-0.1, -0.05) is 45.9 Å². The van der Waals surface area contributed by atoms with Crippen molar-refractivity contribution in [3.05, 3.63) is 59.7 Å². The number of nitrogens with one attached hydrogen (secondary N) is 2. The molecular formula is C22H28N2O2. The molecule has 0 radical (unpaired) electrons. The zero-order valence-corrected chi connectivity index (χ0v) is 16.0. The Morgan fingerprint density at radius 3 is 2.08 bits per heavy atom. The van der Waals surface area contributed by atoms with Crippen LogP contribution in [0.4, 0.5) is 11.4 Å². The molecule has 0 unspecified atom stereocenters. The largest absolute Gasteiger partial charge is 0.326 e.